The van der Waals surface area contributed by atoms with Gasteiger partial charge in [-0.3, -0.25) is 4.79 Å². The second-order valence-corrected chi connectivity index (χ2v) is 8.07. The highest BCUT2D eigenvalue weighted by molar-refractivity contribution is 5.83. The summed E-state index contributed by atoms with van der Waals surface area (Å²) in [5.74, 6) is 0. The minimum Gasteiger partial charge on any atom is -0.378 e. The minimum absolute atomic E-state index is 0.212. The predicted octanol–water partition coefficient (Wildman–Crippen LogP) is 2.02. The van der Waals surface area contributed by atoms with Crippen molar-refractivity contribution >= 4 is 16.6 Å². The van der Waals surface area contributed by atoms with E-state index in [0.29, 0.717) is 6.04 Å². The molecule has 146 valence electrons. The van der Waals surface area contributed by atoms with Crippen molar-refractivity contribution in [1.29, 1.82) is 0 Å². The van der Waals surface area contributed by atoms with Gasteiger partial charge in [-0.15, -0.1) is 0 Å². The van der Waals surface area contributed by atoms with E-state index in [4.69, 9.17) is 4.74 Å². The molecule has 5 nitrogen and oxygen atoms in total. The van der Waals surface area contributed by atoms with E-state index in [-0.39, 0.29) is 5.43 Å². The highest BCUT2D eigenvalue weighted by Crippen LogP contribution is 2.21. The van der Waals surface area contributed by atoms with Crippen molar-refractivity contribution in [1.82, 2.24) is 4.98 Å². The summed E-state index contributed by atoms with van der Waals surface area (Å²) in [5.41, 5.74) is 4.28. The van der Waals surface area contributed by atoms with E-state index in [2.05, 4.69) is 41.9 Å². The van der Waals surface area contributed by atoms with Crippen LogP contribution in [0.1, 0.15) is 43.9 Å². The summed E-state index contributed by atoms with van der Waals surface area (Å²) in [4.78, 5) is 20.8. The van der Waals surface area contributed by atoms with Gasteiger partial charge in [0.2, 0.25) is 0 Å². The third-order valence-electron chi connectivity index (χ3n) is 6.45. The molecule has 2 aliphatic heterocycles. The van der Waals surface area contributed by atoms with Crippen LogP contribution in [-0.4, -0.2) is 43.9 Å². The van der Waals surface area contributed by atoms with Gasteiger partial charge >= 0.3 is 0 Å². The Bertz CT molecular complexity index is 854. The molecule has 0 spiro atoms. The fourth-order valence-electron chi connectivity index (χ4n) is 4.77. The van der Waals surface area contributed by atoms with Crippen LogP contribution in [0.25, 0.3) is 10.9 Å². The summed E-state index contributed by atoms with van der Waals surface area (Å²) in [6.45, 7) is 9.64. The molecule has 2 fully saturated rings. The van der Waals surface area contributed by atoms with E-state index in [1.807, 2.05) is 0 Å². The molecule has 1 aromatic heterocycles. The van der Waals surface area contributed by atoms with Crippen LogP contribution in [0.5, 0.6) is 0 Å². The van der Waals surface area contributed by atoms with Crippen LogP contribution in [0, 0.1) is 6.92 Å². The van der Waals surface area contributed by atoms with Gasteiger partial charge in [-0.25, -0.2) is 0 Å². The normalized spacial score (nSPS) is 23.7. The summed E-state index contributed by atoms with van der Waals surface area (Å²) < 4.78 is 5.46. The van der Waals surface area contributed by atoms with Gasteiger partial charge in [0.05, 0.1) is 31.4 Å². The number of hydrogen-bond donors (Lipinski definition) is 2. The van der Waals surface area contributed by atoms with Gasteiger partial charge in [0.1, 0.15) is 6.54 Å². The number of nitrogens with zero attached hydrogens (tertiary/aromatic N) is 1. The van der Waals surface area contributed by atoms with Crippen molar-refractivity contribution in [2.45, 2.75) is 52.1 Å². The van der Waals surface area contributed by atoms with Crippen molar-refractivity contribution in [2.24, 2.45) is 0 Å². The molecular formula is C22H32N3O2+. The minimum atomic E-state index is 0.212. The number of piperidine rings is 1. The van der Waals surface area contributed by atoms with Crippen LogP contribution in [0.3, 0.4) is 0 Å². The van der Waals surface area contributed by atoms with E-state index < -0.39 is 0 Å². The number of likely N-dealkylation sites (tertiary alicyclic amines) is 1. The number of rotatable bonds is 4. The number of anilines is 1. The molecule has 2 aromatic rings. The van der Waals surface area contributed by atoms with Crippen LogP contribution in [0.15, 0.2) is 23.0 Å². The first-order valence-corrected chi connectivity index (χ1v) is 10.5. The zero-order valence-electron chi connectivity index (χ0n) is 16.6. The number of ether oxygens (including phenoxy) is 1. The number of nitrogens with one attached hydrogen (secondary N) is 2. The van der Waals surface area contributed by atoms with Gasteiger partial charge in [0.15, 0.2) is 5.43 Å². The van der Waals surface area contributed by atoms with Gasteiger partial charge in [-0.05, 0) is 50.8 Å². The Kier molecular flexibility index (Phi) is 5.50. The van der Waals surface area contributed by atoms with Gasteiger partial charge < -0.3 is 19.5 Å². The summed E-state index contributed by atoms with van der Waals surface area (Å²) >= 11 is 0. The van der Waals surface area contributed by atoms with Crippen molar-refractivity contribution in [3.05, 3.63) is 39.7 Å². The molecule has 0 aliphatic carbocycles. The average Bonchev–Trinajstić information content (AvgIpc) is 2.72. The lowest BCUT2D eigenvalue weighted by atomic mass is 9.98. The summed E-state index contributed by atoms with van der Waals surface area (Å²) in [7, 11) is 0. The highest BCUT2D eigenvalue weighted by Gasteiger charge is 2.26. The lowest BCUT2D eigenvalue weighted by Gasteiger charge is -2.32. The Morgan fingerprint density at radius 3 is 2.85 bits per heavy atom. The summed E-state index contributed by atoms with van der Waals surface area (Å²) in [6, 6.07) is 6.94. The molecule has 27 heavy (non-hydrogen) atoms. The number of morpholine rings is 1. The second kappa shape index (κ2) is 8.03. The largest absolute Gasteiger partial charge is 0.378 e. The number of fused-ring (bicyclic) bond motifs is 1. The highest BCUT2D eigenvalue weighted by atomic mass is 16.5. The molecular weight excluding hydrogens is 338 g/mol. The Hall–Kier alpha value is -1.85. The van der Waals surface area contributed by atoms with Crippen LogP contribution in [0.2, 0.25) is 0 Å². The topological polar surface area (TPSA) is 49.8 Å². The van der Waals surface area contributed by atoms with Crippen molar-refractivity contribution in [2.75, 3.05) is 37.7 Å². The average molecular weight is 371 g/mol. The lowest BCUT2D eigenvalue weighted by Crippen LogP contribution is -3.15. The Labute approximate surface area is 161 Å². The molecule has 2 N–H and O–H groups in total. The van der Waals surface area contributed by atoms with E-state index >= 15 is 0 Å². The maximum absolute atomic E-state index is 13.4. The van der Waals surface area contributed by atoms with E-state index in [0.717, 1.165) is 60.7 Å². The first kappa shape index (κ1) is 18.5. The van der Waals surface area contributed by atoms with Gasteiger partial charge in [0, 0.05) is 35.4 Å². The Balaban J connectivity index is 1.69. The van der Waals surface area contributed by atoms with Crippen LogP contribution >= 0.6 is 0 Å². The quantitative estimate of drug-likeness (QED) is 0.866. The first-order valence-electron chi connectivity index (χ1n) is 10.5. The molecule has 0 saturated carbocycles. The molecule has 3 heterocycles. The number of quaternary nitrogens is 1. The molecule has 5 heteroatoms. The lowest BCUT2D eigenvalue weighted by molar-refractivity contribution is -0.944. The molecule has 2 saturated heterocycles. The maximum Gasteiger partial charge on any atom is 0.198 e. The number of aryl methyl sites for hydroxylation is 1. The van der Waals surface area contributed by atoms with Crippen LogP contribution in [0.4, 0.5) is 5.69 Å². The second-order valence-electron chi connectivity index (χ2n) is 8.07. The molecule has 0 radical (unpaired) electrons. The number of hydrogen-bond acceptors (Lipinski definition) is 3. The Morgan fingerprint density at radius 1 is 1.26 bits per heavy atom. The zero-order chi connectivity index (χ0) is 18.8. The van der Waals surface area contributed by atoms with Crippen LogP contribution < -0.4 is 15.2 Å². The van der Waals surface area contributed by atoms with E-state index in [1.54, 1.807) is 4.90 Å². The number of aromatic amines is 1. The zero-order valence-corrected chi connectivity index (χ0v) is 16.6. The maximum atomic E-state index is 13.4. The monoisotopic (exact) mass is 370 g/mol. The van der Waals surface area contributed by atoms with Gasteiger partial charge in [-0.1, -0.05) is 6.92 Å². The number of H-pyrrole nitrogens is 1. The van der Waals surface area contributed by atoms with Crippen molar-refractivity contribution in [3.63, 3.8) is 0 Å². The third kappa shape index (κ3) is 3.76. The van der Waals surface area contributed by atoms with E-state index in [9.17, 15) is 4.79 Å². The standard InChI is InChI=1S/C22H31N3O2/c1-3-17-6-4-5-9-25(17)15-20-16(2)23-21-8-7-18(14-19(21)22(20)26)24-10-12-27-13-11-24/h7-8,14,17H,3-6,9-13,15H2,1-2H3,(H,23,26)/p+1/t17-/m0/s1. The van der Waals surface area contributed by atoms with Crippen LogP contribution in [-0.2, 0) is 11.3 Å². The van der Waals surface area contributed by atoms with Crippen molar-refractivity contribution in [3.8, 4) is 0 Å². The SMILES string of the molecule is CC[C@H]1CCCC[NH+]1Cc1c(C)[nH]c2ccc(N3CCOCC3)cc2c1=O. The Morgan fingerprint density at radius 2 is 2.07 bits per heavy atom. The molecule has 0 amide bonds. The number of aromatic nitrogens is 1. The molecule has 4 rings (SSSR count). The molecule has 2 aliphatic rings. The number of pyridine rings is 1. The molecule has 1 aromatic carbocycles. The fraction of sp³-hybridized carbons (Fsp3) is 0.591. The molecule has 1 unspecified atom stereocenters. The predicted molar refractivity (Wildman–Crippen MR) is 110 cm³/mol. The summed E-state index contributed by atoms with van der Waals surface area (Å²) in [5, 5.41) is 0.823. The molecule has 0 bridgehead atoms. The van der Waals surface area contributed by atoms with Crippen molar-refractivity contribution < 1.29 is 9.64 Å². The van der Waals surface area contributed by atoms with E-state index in [1.165, 1.54) is 32.2 Å². The van der Waals surface area contributed by atoms with Gasteiger partial charge in [0.25, 0.3) is 0 Å². The van der Waals surface area contributed by atoms with Gasteiger partial charge in [-0.2, -0.15) is 0 Å². The first-order chi connectivity index (χ1) is 13.2. The molecule has 2 atom stereocenters. The summed E-state index contributed by atoms with van der Waals surface area (Å²) in [6.07, 6.45) is 5.09. The fourth-order valence-corrected chi connectivity index (χ4v) is 4.77. The number of benzene rings is 1. The third-order valence-corrected chi connectivity index (χ3v) is 6.45. The smallest absolute Gasteiger partial charge is 0.198 e.